The summed E-state index contributed by atoms with van der Waals surface area (Å²) in [5, 5.41) is 7.01. The van der Waals surface area contributed by atoms with E-state index in [1.54, 1.807) is 0 Å². The third-order valence-corrected chi connectivity index (χ3v) is 7.11. The standard InChI is InChI=1S/C17H26N2S/c1-11(9-18-2)16-19-15(10-20-16)17-6-12-3-13(7-17)5-14(4-12)8-17/h10-14,18H,3-9H2,1-2H3. The zero-order valence-corrected chi connectivity index (χ0v) is 13.5. The first-order chi connectivity index (χ1) is 9.68. The van der Waals surface area contributed by atoms with Crippen LogP contribution in [0, 0.1) is 17.8 Å². The lowest BCUT2D eigenvalue weighted by molar-refractivity contribution is -0.00699. The molecule has 2 nitrogen and oxygen atoms in total. The Morgan fingerprint density at radius 2 is 1.85 bits per heavy atom. The Bertz CT molecular complexity index is 458. The van der Waals surface area contributed by atoms with E-state index in [1.165, 1.54) is 49.2 Å². The molecular formula is C17H26N2S. The molecule has 4 saturated carbocycles. The van der Waals surface area contributed by atoms with Crippen LogP contribution in [-0.2, 0) is 5.41 Å². The highest BCUT2D eigenvalue weighted by atomic mass is 32.1. The fourth-order valence-corrected chi connectivity index (χ4v) is 6.58. The largest absolute Gasteiger partial charge is 0.319 e. The second-order valence-corrected chi connectivity index (χ2v) is 8.62. The zero-order valence-electron chi connectivity index (χ0n) is 12.7. The molecule has 4 aliphatic rings. The highest BCUT2D eigenvalue weighted by Crippen LogP contribution is 2.60. The van der Waals surface area contributed by atoms with Gasteiger partial charge in [-0.1, -0.05) is 6.92 Å². The summed E-state index contributed by atoms with van der Waals surface area (Å²) >= 11 is 1.90. The second-order valence-electron chi connectivity index (χ2n) is 7.73. The van der Waals surface area contributed by atoms with E-state index in [0.29, 0.717) is 11.3 Å². The predicted octanol–water partition coefficient (Wildman–Crippen LogP) is 3.93. The summed E-state index contributed by atoms with van der Waals surface area (Å²) in [5.41, 5.74) is 1.93. The number of rotatable bonds is 4. The number of thiazole rings is 1. The van der Waals surface area contributed by atoms with Gasteiger partial charge < -0.3 is 5.32 Å². The molecule has 3 heteroatoms. The lowest BCUT2D eigenvalue weighted by atomic mass is 9.49. The normalized spacial score (nSPS) is 40.2. The van der Waals surface area contributed by atoms with Gasteiger partial charge in [-0.3, -0.25) is 0 Å². The second kappa shape index (κ2) is 4.81. The van der Waals surface area contributed by atoms with Crippen LogP contribution >= 0.6 is 11.3 Å². The molecular weight excluding hydrogens is 264 g/mol. The zero-order chi connectivity index (χ0) is 13.7. The van der Waals surface area contributed by atoms with Crippen molar-refractivity contribution in [2.75, 3.05) is 13.6 Å². The van der Waals surface area contributed by atoms with Gasteiger partial charge in [0.2, 0.25) is 0 Å². The van der Waals surface area contributed by atoms with Gasteiger partial charge in [-0.2, -0.15) is 0 Å². The fraction of sp³-hybridized carbons (Fsp3) is 0.824. The van der Waals surface area contributed by atoms with E-state index < -0.39 is 0 Å². The van der Waals surface area contributed by atoms with Gasteiger partial charge in [0, 0.05) is 23.3 Å². The van der Waals surface area contributed by atoms with Gasteiger partial charge in [-0.25, -0.2) is 4.98 Å². The lowest BCUT2D eigenvalue weighted by Gasteiger charge is -2.56. The maximum atomic E-state index is 5.10. The molecule has 0 spiro atoms. The van der Waals surface area contributed by atoms with Crippen molar-refractivity contribution in [1.82, 2.24) is 10.3 Å². The van der Waals surface area contributed by atoms with Crippen LogP contribution in [0.4, 0.5) is 0 Å². The van der Waals surface area contributed by atoms with E-state index in [9.17, 15) is 0 Å². The van der Waals surface area contributed by atoms with Crippen LogP contribution in [0.5, 0.6) is 0 Å². The summed E-state index contributed by atoms with van der Waals surface area (Å²) in [5.74, 6) is 3.59. The van der Waals surface area contributed by atoms with Crippen molar-refractivity contribution in [3.8, 4) is 0 Å². The van der Waals surface area contributed by atoms with Gasteiger partial charge in [-0.05, 0) is 63.3 Å². The number of hydrogen-bond donors (Lipinski definition) is 1. The summed E-state index contributed by atoms with van der Waals surface area (Å²) in [7, 11) is 2.03. The van der Waals surface area contributed by atoms with Crippen LogP contribution in [-0.4, -0.2) is 18.6 Å². The SMILES string of the molecule is CNCC(C)c1nc(C23CC4CC(CC(C4)C2)C3)cs1. The molecule has 110 valence electrons. The van der Waals surface area contributed by atoms with E-state index in [0.717, 1.165) is 24.3 Å². The average Bonchev–Trinajstić information content (AvgIpc) is 2.87. The van der Waals surface area contributed by atoms with Crippen molar-refractivity contribution in [2.24, 2.45) is 17.8 Å². The van der Waals surface area contributed by atoms with Gasteiger partial charge in [0.15, 0.2) is 0 Å². The molecule has 0 aromatic carbocycles. The summed E-state index contributed by atoms with van der Waals surface area (Å²) in [6.45, 7) is 3.33. The molecule has 1 unspecified atom stereocenters. The Labute approximate surface area is 126 Å². The van der Waals surface area contributed by atoms with Crippen molar-refractivity contribution in [1.29, 1.82) is 0 Å². The first-order valence-corrected chi connectivity index (χ1v) is 9.17. The monoisotopic (exact) mass is 290 g/mol. The van der Waals surface area contributed by atoms with Gasteiger partial charge in [0.25, 0.3) is 0 Å². The Morgan fingerprint density at radius 1 is 1.25 bits per heavy atom. The minimum absolute atomic E-state index is 0.475. The molecule has 0 saturated heterocycles. The van der Waals surface area contributed by atoms with Crippen molar-refractivity contribution < 1.29 is 0 Å². The smallest absolute Gasteiger partial charge is 0.0969 e. The topological polar surface area (TPSA) is 24.9 Å². The van der Waals surface area contributed by atoms with Crippen molar-refractivity contribution in [2.45, 2.75) is 56.8 Å². The number of likely N-dealkylation sites (N-methyl/N-ethyl adjacent to an activating group) is 1. The molecule has 4 bridgehead atoms. The van der Waals surface area contributed by atoms with E-state index in [-0.39, 0.29) is 0 Å². The number of nitrogens with zero attached hydrogens (tertiary/aromatic N) is 1. The molecule has 0 aliphatic heterocycles. The predicted molar refractivity (Wildman–Crippen MR) is 84.3 cm³/mol. The maximum Gasteiger partial charge on any atom is 0.0969 e. The third kappa shape index (κ3) is 2.05. The van der Waals surface area contributed by atoms with Gasteiger partial charge in [0.1, 0.15) is 0 Å². The quantitative estimate of drug-likeness (QED) is 0.908. The minimum Gasteiger partial charge on any atom is -0.319 e. The van der Waals surface area contributed by atoms with Crippen LogP contribution in [0.15, 0.2) is 5.38 Å². The van der Waals surface area contributed by atoms with Crippen LogP contribution < -0.4 is 5.32 Å². The maximum absolute atomic E-state index is 5.10. The molecule has 20 heavy (non-hydrogen) atoms. The third-order valence-electron chi connectivity index (χ3n) is 6.04. The van der Waals surface area contributed by atoms with Crippen molar-refractivity contribution in [3.05, 3.63) is 16.1 Å². The van der Waals surface area contributed by atoms with Gasteiger partial charge >= 0.3 is 0 Å². The average molecular weight is 290 g/mol. The highest BCUT2D eigenvalue weighted by molar-refractivity contribution is 7.09. The Morgan fingerprint density at radius 3 is 2.40 bits per heavy atom. The van der Waals surface area contributed by atoms with E-state index in [2.05, 4.69) is 17.6 Å². The van der Waals surface area contributed by atoms with Crippen molar-refractivity contribution in [3.63, 3.8) is 0 Å². The first-order valence-electron chi connectivity index (χ1n) is 8.29. The molecule has 1 heterocycles. The summed E-state index contributed by atoms with van der Waals surface area (Å²) < 4.78 is 0. The van der Waals surface area contributed by atoms with Gasteiger partial charge in [0.05, 0.1) is 10.7 Å². The molecule has 5 rings (SSSR count). The molecule has 1 aromatic rings. The van der Waals surface area contributed by atoms with Gasteiger partial charge in [-0.15, -0.1) is 11.3 Å². The summed E-state index contributed by atoms with van der Waals surface area (Å²) in [4.78, 5) is 5.10. The lowest BCUT2D eigenvalue weighted by Crippen LogP contribution is -2.48. The number of hydrogen-bond acceptors (Lipinski definition) is 3. The van der Waals surface area contributed by atoms with Crippen LogP contribution in [0.25, 0.3) is 0 Å². The molecule has 1 N–H and O–H groups in total. The van der Waals surface area contributed by atoms with Crippen LogP contribution in [0.1, 0.15) is 62.1 Å². The Kier molecular flexibility index (Phi) is 3.19. The molecule has 4 aliphatic carbocycles. The summed E-state index contributed by atoms with van der Waals surface area (Å²) in [6, 6.07) is 0. The molecule has 1 aromatic heterocycles. The van der Waals surface area contributed by atoms with E-state index in [4.69, 9.17) is 4.98 Å². The van der Waals surface area contributed by atoms with Crippen molar-refractivity contribution >= 4 is 11.3 Å². The van der Waals surface area contributed by atoms with E-state index >= 15 is 0 Å². The molecule has 4 fully saturated rings. The van der Waals surface area contributed by atoms with Crippen LogP contribution in [0.2, 0.25) is 0 Å². The number of nitrogens with one attached hydrogen (secondary N) is 1. The number of aromatic nitrogens is 1. The fourth-order valence-electron chi connectivity index (χ4n) is 5.58. The molecule has 0 amide bonds. The minimum atomic E-state index is 0.475. The highest BCUT2D eigenvalue weighted by Gasteiger charge is 2.52. The molecule has 0 radical (unpaired) electrons. The Hall–Kier alpha value is -0.410. The Balaban J connectivity index is 1.61. The first kappa shape index (κ1) is 13.3. The molecule has 1 atom stereocenters. The van der Waals surface area contributed by atoms with E-state index in [1.807, 2.05) is 18.4 Å². The summed E-state index contributed by atoms with van der Waals surface area (Å²) in [6.07, 6.45) is 8.86. The van der Waals surface area contributed by atoms with Crippen LogP contribution in [0.3, 0.4) is 0 Å².